The fraction of sp³-hybridized carbons (Fsp3) is 0.400. The van der Waals surface area contributed by atoms with Crippen molar-refractivity contribution in [1.82, 2.24) is 10.3 Å². The van der Waals surface area contributed by atoms with Gasteiger partial charge in [-0.3, -0.25) is 4.79 Å². The molecule has 27 heavy (non-hydrogen) atoms. The number of aromatic nitrogens is 1. The number of methoxy groups -OCH3 is 1. The molecule has 0 aliphatic heterocycles. The van der Waals surface area contributed by atoms with Crippen molar-refractivity contribution < 1.29 is 19.1 Å². The Balaban J connectivity index is 2.04. The fourth-order valence-corrected chi connectivity index (χ4v) is 3.16. The smallest absolute Gasteiger partial charge is 0.340 e. The lowest BCUT2D eigenvalue weighted by Gasteiger charge is -2.14. The van der Waals surface area contributed by atoms with Crippen LogP contribution in [0.1, 0.15) is 44.6 Å². The van der Waals surface area contributed by atoms with Gasteiger partial charge in [-0.1, -0.05) is 28.1 Å². The molecule has 2 rings (SSSR count). The third-order valence-corrected chi connectivity index (χ3v) is 4.75. The maximum atomic E-state index is 12.6. The van der Waals surface area contributed by atoms with Crippen LogP contribution in [0.25, 0.3) is 0 Å². The molecule has 0 saturated carbocycles. The third kappa shape index (κ3) is 5.68. The van der Waals surface area contributed by atoms with E-state index in [0.29, 0.717) is 35.5 Å². The van der Waals surface area contributed by atoms with E-state index in [0.717, 1.165) is 10.0 Å². The quantitative estimate of drug-likeness (QED) is 0.489. The highest BCUT2D eigenvalue weighted by Crippen LogP contribution is 2.19. The normalized spacial score (nSPS) is 11.9. The van der Waals surface area contributed by atoms with Gasteiger partial charge in [0.15, 0.2) is 0 Å². The minimum Gasteiger partial charge on any atom is -0.460 e. The molecule has 7 heteroatoms. The molecule has 1 aromatic heterocycles. The predicted octanol–water partition coefficient (Wildman–Crippen LogP) is 3.56. The molecule has 0 radical (unpaired) electrons. The minimum absolute atomic E-state index is 0.0567. The maximum Gasteiger partial charge on any atom is 0.340 e. The van der Waals surface area contributed by atoms with Gasteiger partial charge in [0.05, 0.1) is 12.2 Å². The number of carbonyl (C=O) groups is 2. The lowest BCUT2D eigenvalue weighted by Crippen LogP contribution is -2.34. The first kappa shape index (κ1) is 21.2. The van der Waals surface area contributed by atoms with E-state index in [1.807, 2.05) is 31.2 Å². The van der Waals surface area contributed by atoms with E-state index < -0.39 is 5.97 Å². The third-order valence-electron chi connectivity index (χ3n) is 4.22. The van der Waals surface area contributed by atoms with Crippen LogP contribution >= 0.6 is 15.9 Å². The molecule has 1 heterocycles. The lowest BCUT2D eigenvalue weighted by atomic mass is 10.1. The van der Waals surface area contributed by atoms with Gasteiger partial charge in [0.25, 0.3) is 5.91 Å². The lowest BCUT2D eigenvalue weighted by molar-refractivity contribution is 0.0387. The highest BCUT2D eigenvalue weighted by Gasteiger charge is 2.23. The Hall–Kier alpha value is -2.12. The van der Waals surface area contributed by atoms with Crippen LogP contribution in [-0.4, -0.2) is 43.2 Å². The van der Waals surface area contributed by atoms with Gasteiger partial charge in [-0.15, -0.1) is 0 Å². The monoisotopic (exact) mass is 436 g/mol. The number of aryl methyl sites for hydroxylation is 1. The number of ether oxygens (including phenoxy) is 2. The average molecular weight is 437 g/mol. The van der Waals surface area contributed by atoms with Crippen LogP contribution in [0.5, 0.6) is 0 Å². The SMILES string of the molecule is COCCOC(=O)c1c(C)[nH]c(C(=O)NC(C)Cc2ccc(Br)cc2)c1C. The van der Waals surface area contributed by atoms with Crippen molar-refractivity contribution in [3.63, 3.8) is 0 Å². The largest absolute Gasteiger partial charge is 0.460 e. The van der Waals surface area contributed by atoms with Crippen LogP contribution in [0.4, 0.5) is 0 Å². The number of amides is 1. The van der Waals surface area contributed by atoms with E-state index in [1.54, 1.807) is 21.0 Å². The summed E-state index contributed by atoms with van der Waals surface area (Å²) in [6.07, 6.45) is 0.712. The van der Waals surface area contributed by atoms with E-state index in [-0.39, 0.29) is 18.6 Å². The Labute approximate surface area is 167 Å². The first-order valence-electron chi connectivity index (χ1n) is 8.74. The topological polar surface area (TPSA) is 80.4 Å². The highest BCUT2D eigenvalue weighted by atomic mass is 79.9. The summed E-state index contributed by atoms with van der Waals surface area (Å²) in [5.74, 6) is -0.698. The van der Waals surface area contributed by atoms with E-state index in [2.05, 4.69) is 26.2 Å². The number of rotatable bonds is 8. The number of hydrogen-bond acceptors (Lipinski definition) is 4. The first-order chi connectivity index (χ1) is 12.8. The molecule has 1 aromatic carbocycles. The van der Waals surface area contributed by atoms with Gasteiger partial charge < -0.3 is 19.8 Å². The van der Waals surface area contributed by atoms with Gasteiger partial charge in [0, 0.05) is 23.3 Å². The van der Waals surface area contributed by atoms with E-state index in [4.69, 9.17) is 9.47 Å². The van der Waals surface area contributed by atoms with Crippen LogP contribution in [0, 0.1) is 13.8 Å². The molecule has 1 amide bonds. The minimum atomic E-state index is -0.458. The van der Waals surface area contributed by atoms with Crippen molar-refractivity contribution in [2.75, 3.05) is 20.3 Å². The molecule has 0 saturated heterocycles. The molecule has 6 nitrogen and oxygen atoms in total. The van der Waals surface area contributed by atoms with Crippen LogP contribution in [0.3, 0.4) is 0 Å². The van der Waals surface area contributed by atoms with E-state index in [1.165, 1.54) is 0 Å². The molecule has 1 unspecified atom stereocenters. The number of H-pyrrole nitrogens is 1. The first-order valence-corrected chi connectivity index (χ1v) is 9.53. The summed E-state index contributed by atoms with van der Waals surface area (Å²) in [6.45, 7) is 5.94. The van der Waals surface area contributed by atoms with Crippen LogP contribution in [0.15, 0.2) is 28.7 Å². The van der Waals surface area contributed by atoms with Gasteiger partial charge >= 0.3 is 5.97 Å². The van der Waals surface area contributed by atoms with Gasteiger partial charge in [-0.2, -0.15) is 0 Å². The zero-order valence-corrected chi connectivity index (χ0v) is 17.6. The Morgan fingerprint density at radius 3 is 2.48 bits per heavy atom. The number of hydrogen-bond donors (Lipinski definition) is 2. The molecule has 0 fully saturated rings. The number of benzene rings is 1. The van der Waals surface area contributed by atoms with Crippen molar-refractivity contribution in [2.24, 2.45) is 0 Å². The zero-order valence-electron chi connectivity index (χ0n) is 16.0. The number of halogens is 1. The van der Waals surface area contributed by atoms with Crippen molar-refractivity contribution >= 4 is 27.8 Å². The number of esters is 1. The Kier molecular flexibility index (Phi) is 7.62. The zero-order chi connectivity index (χ0) is 20.0. The molecule has 0 spiro atoms. The standard InChI is InChI=1S/C20H25BrN2O4/c1-12(11-15-5-7-16(21)8-6-15)22-19(24)18-13(2)17(14(3)23-18)20(25)27-10-9-26-4/h5-8,12,23H,9-11H2,1-4H3,(H,22,24). The molecule has 0 aliphatic carbocycles. The average Bonchev–Trinajstić information content (AvgIpc) is 2.91. The Bertz CT molecular complexity index is 799. The summed E-state index contributed by atoms with van der Waals surface area (Å²) >= 11 is 3.41. The van der Waals surface area contributed by atoms with Gasteiger partial charge in [-0.05, 0) is 50.5 Å². The summed E-state index contributed by atoms with van der Waals surface area (Å²) < 4.78 is 11.1. The molecule has 0 aliphatic rings. The van der Waals surface area contributed by atoms with Crippen LogP contribution in [0.2, 0.25) is 0 Å². The second-order valence-electron chi connectivity index (χ2n) is 6.46. The fourth-order valence-electron chi connectivity index (χ4n) is 2.89. The highest BCUT2D eigenvalue weighted by molar-refractivity contribution is 9.10. The van der Waals surface area contributed by atoms with E-state index in [9.17, 15) is 9.59 Å². The van der Waals surface area contributed by atoms with Crippen molar-refractivity contribution in [2.45, 2.75) is 33.2 Å². The van der Waals surface area contributed by atoms with Gasteiger partial charge in [0.2, 0.25) is 0 Å². The molecule has 2 aromatic rings. The summed E-state index contributed by atoms with van der Waals surface area (Å²) in [7, 11) is 1.54. The van der Waals surface area contributed by atoms with Crippen molar-refractivity contribution in [3.05, 3.63) is 56.8 Å². The molecule has 146 valence electrons. The molecule has 2 N–H and O–H groups in total. The number of nitrogens with one attached hydrogen (secondary N) is 2. The predicted molar refractivity (Wildman–Crippen MR) is 107 cm³/mol. The van der Waals surface area contributed by atoms with Crippen molar-refractivity contribution in [1.29, 1.82) is 0 Å². The summed E-state index contributed by atoms with van der Waals surface area (Å²) in [6, 6.07) is 7.93. The van der Waals surface area contributed by atoms with Crippen molar-refractivity contribution in [3.8, 4) is 0 Å². The van der Waals surface area contributed by atoms with Gasteiger partial charge in [0.1, 0.15) is 12.3 Å². The summed E-state index contributed by atoms with van der Waals surface area (Å²) in [5, 5.41) is 2.98. The summed E-state index contributed by atoms with van der Waals surface area (Å²) in [4.78, 5) is 27.9. The Morgan fingerprint density at radius 2 is 1.85 bits per heavy atom. The number of carbonyl (C=O) groups excluding carboxylic acids is 2. The van der Waals surface area contributed by atoms with E-state index >= 15 is 0 Å². The molecule has 0 bridgehead atoms. The second kappa shape index (κ2) is 9.71. The number of aromatic amines is 1. The maximum absolute atomic E-state index is 12.6. The van der Waals surface area contributed by atoms with Crippen LogP contribution in [-0.2, 0) is 15.9 Å². The van der Waals surface area contributed by atoms with Crippen LogP contribution < -0.4 is 5.32 Å². The second-order valence-corrected chi connectivity index (χ2v) is 7.37. The molecular weight excluding hydrogens is 412 g/mol. The molecule has 1 atom stereocenters. The Morgan fingerprint density at radius 1 is 1.19 bits per heavy atom. The summed E-state index contributed by atoms with van der Waals surface area (Å²) in [5.41, 5.74) is 3.11. The van der Waals surface area contributed by atoms with Gasteiger partial charge in [-0.25, -0.2) is 4.79 Å². The molecular formula is C20H25BrN2O4.